The molecule has 1 nitrogen and oxygen atoms in total. The van der Waals surface area contributed by atoms with Crippen molar-refractivity contribution in [3.8, 4) is 44.6 Å². The fourth-order valence-electron chi connectivity index (χ4n) is 11.2. The molecular formula is C58H33NS. The average molecular weight is 776 g/mol. The number of fused-ring (bicyclic) bond motifs is 19. The van der Waals surface area contributed by atoms with E-state index in [0.29, 0.717) is 0 Å². The first kappa shape index (κ1) is 32.6. The van der Waals surface area contributed by atoms with Crippen molar-refractivity contribution in [2.45, 2.75) is 5.41 Å². The van der Waals surface area contributed by atoms with E-state index < -0.39 is 5.41 Å². The molecule has 0 N–H and O–H groups in total. The van der Waals surface area contributed by atoms with Crippen LogP contribution in [0.15, 0.2) is 200 Å². The molecule has 0 fully saturated rings. The minimum absolute atomic E-state index is 0.508. The zero-order valence-electron chi connectivity index (χ0n) is 32.4. The molecule has 1 spiro atoms. The second kappa shape index (κ2) is 11.9. The molecule has 0 bridgehead atoms. The summed E-state index contributed by atoms with van der Waals surface area (Å²) in [5, 5.41) is 12.8. The summed E-state index contributed by atoms with van der Waals surface area (Å²) in [6, 6.07) is 73.0. The van der Waals surface area contributed by atoms with Crippen LogP contribution in [0.2, 0.25) is 0 Å². The number of thiophene rings is 1. The number of rotatable bonds is 2. The van der Waals surface area contributed by atoms with Gasteiger partial charge in [0.25, 0.3) is 0 Å². The Morgan fingerprint density at radius 3 is 1.73 bits per heavy atom. The van der Waals surface area contributed by atoms with Crippen LogP contribution in [-0.2, 0) is 5.41 Å². The highest BCUT2D eigenvalue weighted by atomic mass is 32.1. The fourth-order valence-corrected chi connectivity index (χ4v) is 12.3. The second-order valence-electron chi connectivity index (χ2n) is 16.5. The predicted octanol–water partition coefficient (Wildman–Crippen LogP) is 15.7. The van der Waals surface area contributed by atoms with Crippen molar-refractivity contribution < 1.29 is 0 Å². The minimum Gasteiger partial charge on any atom is -0.256 e. The molecule has 2 aromatic heterocycles. The molecule has 10 aromatic carbocycles. The van der Waals surface area contributed by atoms with Crippen LogP contribution in [0.25, 0.3) is 108 Å². The van der Waals surface area contributed by atoms with Crippen LogP contribution >= 0.6 is 11.3 Å². The molecule has 276 valence electrons. The molecule has 12 aromatic rings. The topological polar surface area (TPSA) is 12.9 Å². The van der Waals surface area contributed by atoms with Gasteiger partial charge in [0.1, 0.15) is 0 Å². The monoisotopic (exact) mass is 775 g/mol. The van der Waals surface area contributed by atoms with Gasteiger partial charge >= 0.3 is 0 Å². The summed E-state index contributed by atoms with van der Waals surface area (Å²) < 4.78 is 2.66. The van der Waals surface area contributed by atoms with Crippen molar-refractivity contribution in [2.24, 2.45) is 0 Å². The summed E-state index contributed by atoms with van der Waals surface area (Å²) in [7, 11) is 0. The average Bonchev–Trinajstić information content (AvgIpc) is 3.93. The van der Waals surface area contributed by atoms with E-state index in [1.54, 1.807) is 0 Å². The molecule has 0 aliphatic heterocycles. The Bertz CT molecular complexity index is 3850. The van der Waals surface area contributed by atoms with E-state index in [9.17, 15) is 0 Å². The maximum atomic E-state index is 5.15. The Balaban J connectivity index is 1.05. The highest BCUT2D eigenvalue weighted by Gasteiger charge is 2.52. The van der Waals surface area contributed by atoms with Gasteiger partial charge in [-0.2, -0.15) is 0 Å². The highest BCUT2D eigenvalue weighted by molar-refractivity contribution is 7.25. The van der Waals surface area contributed by atoms with Crippen LogP contribution in [0.3, 0.4) is 0 Å². The lowest BCUT2D eigenvalue weighted by atomic mass is 9.70. The SMILES string of the molecule is c1ccc2c(c1)-c1cc3sc4ccccc4c3cc1C21c2cc(-c3cc4c5ccccc5c(-c5ccc6ccccc6c5)cc4c4ccccc34)ccc2-c2ncccc21. The molecule has 0 amide bonds. The lowest BCUT2D eigenvalue weighted by Crippen LogP contribution is -2.26. The molecule has 0 saturated carbocycles. The van der Waals surface area contributed by atoms with E-state index in [1.165, 1.54) is 124 Å². The van der Waals surface area contributed by atoms with Crippen molar-refractivity contribution in [2.75, 3.05) is 0 Å². The van der Waals surface area contributed by atoms with E-state index in [1.807, 2.05) is 17.5 Å². The number of hydrogen-bond donors (Lipinski definition) is 0. The van der Waals surface area contributed by atoms with Gasteiger partial charge in [0.2, 0.25) is 0 Å². The Morgan fingerprint density at radius 1 is 0.317 bits per heavy atom. The van der Waals surface area contributed by atoms with Crippen LogP contribution in [-0.4, -0.2) is 4.98 Å². The summed E-state index contributed by atoms with van der Waals surface area (Å²) in [5.41, 5.74) is 14.6. The molecule has 60 heavy (non-hydrogen) atoms. The molecule has 1 unspecified atom stereocenters. The number of pyridine rings is 1. The molecule has 0 radical (unpaired) electrons. The van der Waals surface area contributed by atoms with Crippen LogP contribution < -0.4 is 0 Å². The molecule has 1 atom stereocenters. The summed E-state index contributed by atoms with van der Waals surface area (Å²) in [6.07, 6.45) is 1.96. The third-order valence-corrected chi connectivity index (χ3v) is 14.8. The Hall–Kier alpha value is -7.39. The minimum atomic E-state index is -0.508. The molecular weight excluding hydrogens is 743 g/mol. The Labute approximate surface area is 350 Å². The van der Waals surface area contributed by atoms with Crippen molar-refractivity contribution in [1.29, 1.82) is 0 Å². The quantitative estimate of drug-likeness (QED) is 0.159. The van der Waals surface area contributed by atoms with Gasteiger partial charge in [0.15, 0.2) is 0 Å². The predicted molar refractivity (Wildman–Crippen MR) is 254 cm³/mol. The number of hydrogen-bond acceptors (Lipinski definition) is 2. The Kier molecular flexibility index (Phi) is 6.43. The van der Waals surface area contributed by atoms with Gasteiger partial charge in [-0.15, -0.1) is 11.3 Å². The lowest BCUT2D eigenvalue weighted by molar-refractivity contribution is 0.793. The molecule has 2 heteroatoms. The van der Waals surface area contributed by atoms with E-state index >= 15 is 0 Å². The highest BCUT2D eigenvalue weighted by Crippen LogP contribution is 2.63. The van der Waals surface area contributed by atoms with Gasteiger partial charge < -0.3 is 0 Å². The van der Waals surface area contributed by atoms with Crippen LogP contribution in [0.1, 0.15) is 22.3 Å². The van der Waals surface area contributed by atoms with Crippen molar-refractivity contribution in [3.63, 3.8) is 0 Å². The van der Waals surface area contributed by atoms with Crippen LogP contribution in [0.4, 0.5) is 0 Å². The molecule has 2 aliphatic carbocycles. The number of benzene rings is 10. The third kappa shape index (κ3) is 4.18. The van der Waals surface area contributed by atoms with Crippen molar-refractivity contribution in [1.82, 2.24) is 4.98 Å². The van der Waals surface area contributed by atoms with Gasteiger partial charge in [-0.1, -0.05) is 146 Å². The normalized spacial score (nSPS) is 15.1. The molecule has 2 aliphatic rings. The number of aromatic nitrogens is 1. The largest absolute Gasteiger partial charge is 0.256 e. The summed E-state index contributed by atoms with van der Waals surface area (Å²) >= 11 is 1.89. The zero-order valence-corrected chi connectivity index (χ0v) is 33.2. The first-order chi connectivity index (χ1) is 29.7. The lowest BCUT2D eigenvalue weighted by Gasteiger charge is -2.30. The fraction of sp³-hybridized carbons (Fsp3) is 0.0172. The van der Waals surface area contributed by atoms with E-state index in [-0.39, 0.29) is 0 Å². The summed E-state index contributed by atoms with van der Waals surface area (Å²) in [6.45, 7) is 0. The zero-order chi connectivity index (χ0) is 39.1. The Morgan fingerprint density at radius 2 is 0.933 bits per heavy atom. The van der Waals surface area contributed by atoms with Crippen molar-refractivity contribution >= 4 is 74.6 Å². The molecule has 0 saturated heterocycles. The van der Waals surface area contributed by atoms with E-state index in [2.05, 4.69) is 194 Å². The van der Waals surface area contributed by atoms with E-state index in [0.717, 1.165) is 5.69 Å². The van der Waals surface area contributed by atoms with Gasteiger partial charge in [0.05, 0.1) is 11.1 Å². The van der Waals surface area contributed by atoms with Gasteiger partial charge in [-0.25, -0.2) is 0 Å². The standard InChI is InChI=1S/C58H33NS/c1-2-13-35-28-36(24-23-34(35)12-1)45-30-47-41-17-6-4-15-39(41)46(31-48(47)40-16-5-3-14-38(40)45)37-25-26-44-53(29-37)58(52-21-11-27-59-57(44)52)51-20-9-7-18-42(51)49-33-56-50(32-54(49)58)43-19-8-10-22-55(43)60-56/h1-33H. The van der Waals surface area contributed by atoms with Crippen molar-refractivity contribution in [3.05, 3.63) is 223 Å². The van der Waals surface area contributed by atoms with Gasteiger partial charge in [-0.3, -0.25) is 4.98 Å². The van der Waals surface area contributed by atoms with Gasteiger partial charge in [-0.05, 0) is 147 Å². The maximum Gasteiger partial charge on any atom is 0.0753 e. The first-order valence-electron chi connectivity index (χ1n) is 20.8. The molecule has 14 rings (SSSR count). The molecule has 2 heterocycles. The van der Waals surface area contributed by atoms with Crippen LogP contribution in [0, 0.1) is 0 Å². The van der Waals surface area contributed by atoms with E-state index in [4.69, 9.17) is 4.98 Å². The number of nitrogens with zero attached hydrogens (tertiary/aromatic N) is 1. The third-order valence-electron chi connectivity index (χ3n) is 13.7. The first-order valence-corrected chi connectivity index (χ1v) is 21.6. The second-order valence-corrected chi connectivity index (χ2v) is 17.6. The van der Waals surface area contributed by atoms with Gasteiger partial charge in [0, 0.05) is 31.9 Å². The summed E-state index contributed by atoms with van der Waals surface area (Å²) in [4.78, 5) is 5.15. The van der Waals surface area contributed by atoms with Crippen LogP contribution in [0.5, 0.6) is 0 Å². The summed E-state index contributed by atoms with van der Waals surface area (Å²) in [5.74, 6) is 0. The maximum absolute atomic E-state index is 5.15. The smallest absolute Gasteiger partial charge is 0.0753 e.